The topological polar surface area (TPSA) is 188 Å². The van der Waals surface area contributed by atoms with Crippen LogP contribution in [0.4, 0.5) is 26.3 Å². The molecule has 0 aliphatic carbocycles. The van der Waals surface area contributed by atoms with Gasteiger partial charge in [0.25, 0.3) is 11.1 Å². The van der Waals surface area contributed by atoms with E-state index in [1.165, 1.54) is 70.0 Å². The maximum Gasteiger partial charge on any atom is 0.408 e. The molecule has 4 aromatic carbocycles. The Morgan fingerprint density at radius 2 is 1.07 bits per heavy atom. The Bertz CT molecular complexity index is 3520. The molecule has 0 amide bonds. The molecule has 15 nitrogen and oxygen atoms in total. The monoisotopic (exact) mass is 1110 g/mol. The number of hydrogen-bond donors (Lipinski definition) is 2. The van der Waals surface area contributed by atoms with Gasteiger partial charge in [-0.15, -0.1) is 0 Å². The van der Waals surface area contributed by atoms with Gasteiger partial charge >= 0.3 is 12.4 Å². The maximum absolute atomic E-state index is 13.9. The molecule has 0 spiro atoms. The smallest absolute Gasteiger partial charge is 0.408 e. The normalized spacial score (nSPS) is 13.1. The molecule has 8 rings (SSSR count). The minimum Gasteiger partial charge on any atom is -0.497 e. The van der Waals surface area contributed by atoms with Gasteiger partial charge in [0.05, 0.1) is 65.5 Å². The first kappa shape index (κ1) is 56.6. The molecule has 3 atom stereocenters. The largest absolute Gasteiger partial charge is 0.497 e. The highest BCUT2D eigenvalue weighted by molar-refractivity contribution is 7.84. The van der Waals surface area contributed by atoms with Crippen LogP contribution in [0.1, 0.15) is 44.0 Å². The highest BCUT2D eigenvalue weighted by atomic mass is 35.5. The van der Waals surface area contributed by atoms with Gasteiger partial charge in [-0.05, 0) is 92.6 Å². The van der Waals surface area contributed by atoms with Gasteiger partial charge in [-0.3, -0.25) is 19.6 Å². The average molecular weight is 1110 g/mol. The summed E-state index contributed by atoms with van der Waals surface area (Å²) in [7, 11) is 1.14. The van der Waals surface area contributed by atoms with Crippen molar-refractivity contribution >= 4 is 56.0 Å². The zero-order chi connectivity index (χ0) is 55.1. The highest BCUT2D eigenvalue weighted by Gasteiger charge is 2.44. The van der Waals surface area contributed by atoms with Gasteiger partial charge in [-0.2, -0.15) is 36.5 Å². The summed E-state index contributed by atoms with van der Waals surface area (Å²) in [6.45, 7) is 5.20. The summed E-state index contributed by atoms with van der Waals surface area (Å²) in [6.07, 6.45) is -6.15. The van der Waals surface area contributed by atoms with E-state index in [0.29, 0.717) is 56.5 Å². The van der Waals surface area contributed by atoms with Crippen molar-refractivity contribution in [1.29, 1.82) is 0 Å². The maximum atomic E-state index is 13.9. The standard InChI is InChI=1S/C28H28ClF3N4O4S.C24H20ClF3N4O3/c1-27(2,3)41(38)35-26(28(30,31)32)19-7-5-17(15-21(19)29)22-9-10-25(37)36(34-22)13-14-40-24-11-12-33-23-16-18(39-4)6-8-20(23)24;1-34-15-3-5-17-20(13-15)30-9-8-21(17)35-11-10-32-22(33)7-6-19(31-32)14-2-4-16(18(25)12-14)23(29)24(26,27)28/h5-12,15-16,26,35H,13-14H2,1-4H3;2-9,12-13,23H,10-11,29H2,1H3/t26-,41-;23-/m11/s1. The molecule has 76 heavy (non-hydrogen) atoms. The molecule has 0 radical (unpaired) electrons. The minimum absolute atomic E-state index is 0.108. The summed E-state index contributed by atoms with van der Waals surface area (Å²) in [6, 6.07) is 23.3. The van der Waals surface area contributed by atoms with E-state index in [0.717, 1.165) is 10.8 Å². The number of nitrogens with zero attached hydrogens (tertiary/aromatic N) is 6. The molecule has 3 N–H and O–H groups in total. The Morgan fingerprint density at radius 3 is 1.46 bits per heavy atom. The van der Waals surface area contributed by atoms with Crippen molar-refractivity contribution in [2.24, 2.45) is 5.73 Å². The second-order valence-corrected chi connectivity index (χ2v) is 20.4. The summed E-state index contributed by atoms with van der Waals surface area (Å²) in [5.41, 5.74) is 6.93. The van der Waals surface area contributed by atoms with Crippen LogP contribution in [0.3, 0.4) is 0 Å². The van der Waals surface area contributed by atoms with Crippen molar-refractivity contribution in [3.63, 3.8) is 0 Å². The number of aromatic nitrogens is 6. The lowest BCUT2D eigenvalue weighted by Crippen LogP contribution is -2.41. The molecule has 4 aromatic heterocycles. The van der Waals surface area contributed by atoms with Gasteiger partial charge in [-0.1, -0.05) is 47.5 Å². The van der Waals surface area contributed by atoms with E-state index in [1.807, 2.05) is 12.1 Å². The van der Waals surface area contributed by atoms with Crippen molar-refractivity contribution in [2.45, 2.75) is 63.0 Å². The SMILES string of the molecule is COc1ccc2c(OCCn3nc(-c4ccc([C@@H](N)C(F)(F)F)c(Cl)c4)ccc3=O)ccnc2c1.COc1ccc2c(OCCn3nc(-c4ccc([C@@H](N[S@](=O)C(C)(C)C)C(F)(F)F)c(Cl)c4)ccc3=O)ccnc2c1. The average Bonchev–Trinajstić information content (AvgIpc) is 3.38. The number of nitrogens with two attached hydrogens (primary N) is 1. The van der Waals surface area contributed by atoms with Gasteiger partial charge in [0.2, 0.25) is 0 Å². The molecule has 24 heteroatoms. The number of ether oxygens (including phenoxy) is 4. The molecule has 8 aromatic rings. The van der Waals surface area contributed by atoms with Crippen LogP contribution in [0.2, 0.25) is 10.0 Å². The zero-order valence-corrected chi connectivity index (χ0v) is 43.4. The zero-order valence-electron chi connectivity index (χ0n) is 41.1. The Labute approximate surface area is 443 Å². The van der Waals surface area contributed by atoms with E-state index in [9.17, 15) is 40.1 Å². The number of fused-ring (bicyclic) bond motifs is 2. The molecule has 0 aliphatic heterocycles. The molecular formula is C52H48Cl2F6N8O7S. The number of pyridine rings is 2. The van der Waals surface area contributed by atoms with Crippen LogP contribution in [0, 0.1) is 0 Å². The van der Waals surface area contributed by atoms with E-state index < -0.39 is 40.2 Å². The molecular weight excluding hydrogens is 1070 g/mol. The Hall–Kier alpha value is -7.11. The Morgan fingerprint density at radius 1 is 0.618 bits per heavy atom. The minimum atomic E-state index is -4.75. The molecule has 0 unspecified atom stereocenters. The van der Waals surface area contributed by atoms with E-state index in [1.54, 1.807) is 83.8 Å². The van der Waals surface area contributed by atoms with Crippen LogP contribution in [0.5, 0.6) is 23.0 Å². The van der Waals surface area contributed by atoms with Crippen molar-refractivity contribution in [2.75, 3.05) is 27.4 Å². The summed E-state index contributed by atoms with van der Waals surface area (Å²) >= 11 is 12.4. The fraction of sp³-hybridized carbons (Fsp3) is 0.269. The molecule has 0 fully saturated rings. The van der Waals surface area contributed by atoms with E-state index >= 15 is 0 Å². The number of methoxy groups -OCH3 is 2. The number of alkyl halides is 6. The van der Waals surface area contributed by atoms with Crippen molar-refractivity contribution in [3.8, 4) is 45.5 Å². The van der Waals surface area contributed by atoms with Gasteiger partial charge in [0.15, 0.2) is 0 Å². The molecule has 0 saturated heterocycles. The molecule has 400 valence electrons. The van der Waals surface area contributed by atoms with Crippen molar-refractivity contribution < 1.29 is 49.5 Å². The van der Waals surface area contributed by atoms with Crippen LogP contribution in [-0.4, -0.2) is 78.3 Å². The van der Waals surface area contributed by atoms with Gasteiger partial charge in [-0.25, -0.2) is 18.3 Å². The number of rotatable bonds is 16. The van der Waals surface area contributed by atoms with Gasteiger partial charge in [0, 0.05) is 68.6 Å². The lowest BCUT2D eigenvalue weighted by atomic mass is 10.0. The molecule has 0 saturated carbocycles. The highest BCUT2D eigenvalue weighted by Crippen LogP contribution is 2.39. The first-order valence-electron chi connectivity index (χ1n) is 22.9. The number of halogens is 8. The Kier molecular flexibility index (Phi) is 17.8. The van der Waals surface area contributed by atoms with Crippen LogP contribution < -0.4 is 40.5 Å². The second kappa shape index (κ2) is 23.8. The first-order valence-corrected chi connectivity index (χ1v) is 24.8. The summed E-state index contributed by atoms with van der Waals surface area (Å²) in [5, 5.41) is 9.89. The number of hydrogen-bond acceptors (Lipinski definition) is 12. The quantitative estimate of drug-likeness (QED) is 0.0873. The van der Waals surface area contributed by atoms with E-state index in [4.69, 9.17) is 47.9 Å². The fourth-order valence-electron chi connectivity index (χ4n) is 7.35. The predicted octanol–water partition coefficient (Wildman–Crippen LogP) is 10.6. The van der Waals surface area contributed by atoms with Crippen LogP contribution in [-0.2, 0) is 24.1 Å². The van der Waals surface area contributed by atoms with Crippen LogP contribution in [0.15, 0.2) is 131 Å². The van der Waals surface area contributed by atoms with Crippen LogP contribution in [0.25, 0.3) is 44.3 Å². The van der Waals surface area contributed by atoms with E-state index in [2.05, 4.69) is 24.9 Å². The third-order valence-electron chi connectivity index (χ3n) is 11.4. The molecule has 4 heterocycles. The lowest BCUT2D eigenvalue weighted by molar-refractivity contribution is -0.153. The predicted molar refractivity (Wildman–Crippen MR) is 278 cm³/mol. The molecule has 0 bridgehead atoms. The summed E-state index contributed by atoms with van der Waals surface area (Å²) in [5.74, 6) is 2.49. The summed E-state index contributed by atoms with van der Waals surface area (Å²) in [4.78, 5) is 33.4. The Balaban J connectivity index is 0.000000224. The number of nitrogens with one attached hydrogen (secondary N) is 1. The lowest BCUT2D eigenvalue weighted by Gasteiger charge is -2.27. The van der Waals surface area contributed by atoms with Gasteiger partial charge in [0.1, 0.15) is 48.3 Å². The van der Waals surface area contributed by atoms with Crippen molar-refractivity contribution in [1.82, 2.24) is 34.3 Å². The van der Waals surface area contributed by atoms with E-state index in [-0.39, 0.29) is 58.6 Å². The third kappa shape index (κ3) is 13.8. The van der Waals surface area contributed by atoms with Crippen molar-refractivity contribution in [3.05, 3.63) is 163 Å². The fourth-order valence-corrected chi connectivity index (χ4v) is 8.76. The number of benzene rings is 4. The van der Waals surface area contributed by atoms with Crippen LogP contribution >= 0.6 is 23.2 Å². The van der Waals surface area contributed by atoms with Gasteiger partial charge < -0.3 is 24.7 Å². The summed E-state index contributed by atoms with van der Waals surface area (Å²) < 4.78 is 119. The molecule has 0 aliphatic rings. The second-order valence-electron chi connectivity index (χ2n) is 17.6. The first-order chi connectivity index (χ1) is 35.9. The third-order valence-corrected chi connectivity index (χ3v) is 13.6.